The summed E-state index contributed by atoms with van der Waals surface area (Å²) >= 11 is 0. The summed E-state index contributed by atoms with van der Waals surface area (Å²) in [6.45, 7) is -0.00430. The van der Waals surface area contributed by atoms with Crippen LogP contribution in [0.15, 0.2) is 48.5 Å². The van der Waals surface area contributed by atoms with Gasteiger partial charge in [0.1, 0.15) is 5.82 Å². The third-order valence-electron chi connectivity index (χ3n) is 4.10. The Bertz CT molecular complexity index is 613. The highest BCUT2D eigenvalue weighted by Crippen LogP contribution is 2.32. The molecule has 104 valence electrons. The first-order valence-electron chi connectivity index (χ1n) is 6.93. The molecular weight excluding hydrogens is 253 g/mol. The van der Waals surface area contributed by atoms with Crippen LogP contribution in [-0.2, 0) is 12.8 Å². The van der Waals surface area contributed by atoms with Crippen LogP contribution in [-0.4, -0.2) is 17.3 Å². The van der Waals surface area contributed by atoms with E-state index in [2.05, 4.69) is 17.4 Å². The molecule has 1 aliphatic carbocycles. The van der Waals surface area contributed by atoms with E-state index in [9.17, 15) is 9.50 Å². The predicted molar refractivity (Wildman–Crippen MR) is 78.3 cm³/mol. The predicted octanol–water partition coefficient (Wildman–Crippen LogP) is 3.16. The van der Waals surface area contributed by atoms with Crippen molar-refractivity contribution < 1.29 is 9.50 Å². The molecule has 3 rings (SSSR count). The molecule has 0 saturated carbocycles. The van der Waals surface area contributed by atoms with Crippen LogP contribution in [0.25, 0.3) is 0 Å². The van der Waals surface area contributed by atoms with Gasteiger partial charge in [-0.1, -0.05) is 36.4 Å². The van der Waals surface area contributed by atoms with Crippen molar-refractivity contribution in [3.8, 4) is 0 Å². The Morgan fingerprint density at radius 1 is 1.05 bits per heavy atom. The maximum absolute atomic E-state index is 13.8. The SMILES string of the molecule is OCC1(Nc2ccccc2F)CCc2ccccc2C1. The average Bonchev–Trinajstić information content (AvgIpc) is 2.49. The van der Waals surface area contributed by atoms with E-state index >= 15 is 0 Å². The standard InChI is InChI=1S/C17H18FNO/c18-15-7-3-4-8-16(15)19-17(12-20)10-9-13-5-1-2-6-14(13)11-17/h1-8,19-20H,9-12H2. The van der Waals surface area contributed by atoms with Gasteiger partial charge in [0.15, 0.2) is 0 Å². The zero-order chi connectivity index (χ0) is 14.0. The van der Waals surface area contributed by atoms with Gasteiger partial charge in [-0.25, -0.2) is 4.39 Å². The van der Waals surface area contributed by atoms with Crippen LogP contribution < -0.4 is 5.32 Å². The van der Waals surface area contributed by atoms with Gasteiger partial charge in [-0.3, -0.25) is 0 Å². The molecule has 20 heavy (non-hydrogen) atoms. The van der Waals surface area contributed by atoms with E-state index in [0.717, 1.165) is 12.8 Å². The van der Waals surface area contributed by atoms with Crippen LogP contribution in [0, 0.1) is 5.82 Å². The monoisotopic (exact) mass is 271 g/mol. The molecule has 0 amide bonds. The van der Waals surface area contributed by atoms with Crippen LogP contribution >= 0.6 is 0 Å². The van der Waals surface area contributed by atoms with E-state index in [1.165, 1.54) is 17.2 Å². The van der Waals surface area contributed by atoms with Gasteiger partial charge in [0, 0.05) is 0 Å². The summed E-state index contributed by atoms with van der Waals surface area (Å²) in [4.78, 5) is 0. The van der Waals surface area contributed by atoms with Crippen LogP contribution in [0.2, 0.25) is 0 Å². The summed E-state index contributed by atoms with van der Waals surface area (Å²) in [7, 11) is 0. The minimum atomic E-state index is -0.476. The van der Waals surface area contributed by atoms with Crippen molar-refractivity contribution >= 4 is 5.69 Å². The number of hydrogen-bond acceptors (Lipinski definition) is 2. The average molecular weight is 271 g/mol. The molecule has 0 saturated heterocycles. The van der Waals surface area contributed by atoms with E-state index in [0.29, 0.717) is 12.1 Å². The Hall–Kier alpha value is -1.87. The molecule has 0 radical (unpaired) electrons. The Balaban J connectivity index is 1.89. The van der Waals surface area contributed by atoms with Crippen LogP contribution in [0.3, 0.4) is 0 Å². The Kier molecular flexibility index (Phi) is 3.45. The van der Waals surface area contributed by atoms with Crippen LogP contribution in [0.4, 0.5) is 10.1 Å². The number of benzene rings is 2. The normalized spacial score (nSPS) is 21.3. The molecule has 0 bridgehead atoms. The lowest BCUT2D eigenvalue weighted by Gasteiger charge is -2.38. The van der Waals surface area contributed by atoms with E-state index in [1.807, 2.05) is 12.1 Å². The van der Waals surface area contributed by atoms with Crippen molar-refractivity contribution in [1.82, 2.24) is 0 Å². The molecule has 2 aromatic rings. The Morgan fingerprint density at radius 3 is 2.50 bits per heavy atom. The largest absolute Gasteiger partial charge is 0.394 e. The first-order valence-corrected chi connectivity index (χ1v) is 6.93. The highest BCUT2D eigenvalue weighted by molar-refractivity contribution is 5.48. The van der Waals surface area contributed by atoms with Crippen LogP contribution in [0.1, 0.15) is 17.5 Å². The number of aliphatic hydroxyl groups excluding tert-OH is 1. The van der Waals surface area contributed by atoms with E-state index < -0.39 is 5.54 Å². The molecule has 2 nitrogen and oxygen atoms in total. The molecule has 3 heteroatoms. The van der Waals surface area contributed by atoms with Gasteiger partial charge >= 0.3 is 0 Å². The smallest absolute Gasteiger partial charge is 0.146 e. The molecule has 0 spiro atoms. The fraction of sp³-hybridized carbons (Fsp3) is 0.294. The number of rotatable bonds is 3. The van der Waals surface area contributed by atoms with Crippen molar-refractivity contribution in [3.05, 3.63) is 65.5 Å². The zero-order valence-electron chi connectivity index (χ0n) is 11.3. The summed E-state index contributed by atoms with van der Waals surface area (Å²) in [6.07, 6.45) is 2.42. The lowest BCUT2D eigenvalue weighted by molar-refractivity contribution is 0.196. The Morgan fingerprint density at radius 2 is 1.75 bits per heavy atom. The second-order valence-corrected chi connectivity index (χ2v) is 5.49. The maximum Gasteiger partial charge on any atom is 0.146 e. The number of nitrogens with one attached hydrogen (secondary N) is 1. The van der Waals surface area contributed by atoms with Gasteiger partial charge in [-0.05, 0) is 42.5 Å². The van der Waals surface area contributed by atoms with Crippen molar-refractivity contribution in [2.24, 2.45) is 0 Å². The fourth-order valence-electron chi connectivity index (χ4n) is 2.93. The lowest BCUT2D eigenvalue weighted by Crippen LogP contribution is -2.47. The van der Waals surface area contributed by atoms with Gasteiger partial charge in [-0.2, -0.15) is 0 Å². The van der Waals surface area contributed by atoms with Crippen molar-refractivity contribution in [1.29, 1.82) is 0 Å². The third kappa shape index (κ3) is 2.41. The van der Waals surface area contributed by atoms with Gasteiger partial charge < -0.3 is 10.4 Å². The molecule has 0 aliphatic heterocycles. The fourth-order valence-corrected chi connectivity index (χ4v) is 2.93. The van der Waals surface area contributed by atoms with Crippen molar-refractivity contribution in [3.63, 3.8) is 0 Å². The summed E-state index contributed by atoms with van der Waals surface area (Å²) in [6, 6.07) is 14.9. The molecule has 0 fully saturated rings. The van der Waals surface area contributed by atoms with Crippen molar-refractivity contribution in [2.75, 3.05) is 11.9 Å². The van der Waals surface area contributed by atoms with Gasteiger partial charge in [0.05, 0.1) is 17.8 Å². The van der Waals surface area contributed by atoms with Gasteiger partial charge in [0.2, 0.25) is 0 Å². The summed E-state index contributed by atoms with van der Waals surface area (Å²) in [5.41, 5.74) is 2.54. The van der Waals surface area contributed by atoms with Crippen molar-refractivity contribution in [2.45, 2.75) is 24.8 Å². The summed E-state index contributed by atoms with van der Waals surface area (Å²) < 4.78 is 13.8. The highest BCUT2D eigenvalue weighted by atomic mass is 19.1. The molecule has 2 aromatic carbocycles. The molecular formula is C17H18FNO. The molecule has 1 aliphatic rings. The van der Waals surface area contributed by atoms with Gasteiger partial charge in [-0.15, -0.1) is 0 Å². The molecule has 1 atom stereocenters. The number of hydrogen-bond donors (Lipinski definition) is 2. The molecule has 0 heterocycles. The number of aryl methyl sites for hydroxylation is 1. The van der Waals surface area contributed by atoms with E-state index in [4.69, 9.17) is 0 Å². The quantitative estimate of drug-likeness (QED) is 0.898. The first kappa shape index (κ1) is 13.1. The Labute approximate surface area is 118 Å². The zero-order valence-corrected chi connectivity index (χ0v) is 11.3. The second kappa shape index (κ2) is 5.25. The number of anilines is 1. The molecule has 0 aromatic heterocycles. The highest BCUT2D eigenvalue weighted by Gasteiger charge is 2.34. The van der Waals surface area contributed by atoms with E-state index in [-0.39, 0.29) is 12.4 Å². The topological polar surface area (TPSA) is 32.3 Å². The lowest BCUT2D eigenvalue weighted by atomic mass is 9.78. The van der Waals surface area contributed by atoms with E-state index in [1.54, 1.807) is 18.2 Å². The number of halogens is 1. The molecule has 1 unspecified atom stereocenters. The summed E-state index contributed by atoms with van der Waals surface area (Å²) in [5, 5.41) is 13.1. The third-order valence-corrected chi connectivity index (χ3v) is 4.10. The minimum Gasteiger partial charge on any atom is -0.394 e. The number of para-hydroxylation sites is 1. The minimum absolute atomic E-state index is 0.00430. The second-order valence-electron chi connectivity index (χ2n) is 5.49. The van der Waals surface area contributed by atoms with Crippen LogP contribution in [0.5, 0.6) is 0 Å². The summed E-state index contributed by atoms with van der Waals surface area (Å²) in [5.74, 6) is -0.279. The first-order chi connectivity index (χ1) is 9.72. The molecule has 2 N–H and O–H groups in total. The van der Waals surface area contributed by atoms with Gasteiger partial charge in [0.25, 0.3) is 0 Å². The number of fused-ring (bicyclic) bond motifs is 1. The number of aliphatic hydroxyl groups is 1. The maximum atomic E-state index is 13.8.